The van der Waals surface area contributed by atoms with E-state index in [1.807, 2.05) is 83.8 Å². The number of nitriles is 2. The Bertz CT molecular complexity index is 1740. The maximum absolute atomic E-state index is 11.1. The number of aldehydes is 2. The topological polar surface area (TPSA) is 85.0 Å². The molecule has 0 amide bonds. The van der Waals surface area contributed by atoms with Gasteiger partial charge in [0.15, 0.2) is 0 Å². The van der Waals surface area contributed by atoms with Crippen molar-refractivity contribution in [2.75, 3.05) is 4.90 Å². The van der Waals surface area contributed by atoms with Crippen molar-refractivity contribution in [2.24, 2.45) is 0 Å². The monoisotopic (exact) mass is 503 g/mol. The van der Waals surface area contributed by atoms with Gasteiger partial charge in [0.1, 0.15) is 18.6 Å². The van der Waals surface area contributed by atoms with Crippen molar-refractivity contribution in [1.82, 2.24) is 0 Å². The summed E-state index contributed by atoms with van der Waals surface area (Å²) in [6.07, 6.45) is 5.47. The average Bonchev–Trinajstić information content (AvgIpc) is 3.00. The summed E-state index contributed by atoms with van der Waals surface area (Å²) in [7, 11) is 0. The lowest BCUT2D eigenvalue weighted by Crippen LogP contribution is -2.10. The Morgan fingerprint density at radius 3 is 1.56 bits per heavy atom. The highest BCUT2D eigenvalue weighted by molar-refractivity contribution is 5.95. The summed E-state index contributed by atoms with van der Waals surface area (Å²) in [5.41, 5.74) is 6.61. The summed E-state index contributed by atoms with van der Waals surface area (Å²) in [6.45, 7) is 0. The van der Waals surface area contributed by atoms with Crippen LogP contribution in [-0.2, 0) is 0 Å². The smallest absolute Gasteiger partial charge is 0.150 e. The zero-order valence-electron chi connectivity index (χ0n) is 20.8. The molecule has 0 saturated carbocycles. The van der Waals surface area contributed by atoms with Gasteiger partial charge in [0.05, 0.1) is 17.2 Å². The molecule has 0 bridgehead atoms. The van der Waals surface area contributed by atoms with Gasteiger partial charge in [-0.2, -0.15) is 10.5 Å². The lowest BCUT2D eigenvalue weighted by molar-refractivity contribution is 0.111. The van der Waals surface area contributed by atoms with E-state index in [2.05, 4.69) is 12.1 Å². The summed E-state index contributed by atoms with van der Waals surface area (Å²) >= 11 is 0. The molecule has 0 fully saturated rings. The second-order valence-corrected chi connectivity index (χ2v) is 8.83. The van der Waals surface area contributed by atoms with Crippen molar-refractivity contribution in [1.29, 1.82) is 10.5 Å². The molecule has 5 aromatic carbocycles. The lowest BCUT2D eigenvalue weighted by atomic mass is 9.96. The highest BCUT2D eigenvalue weighted by atomic mass is 16.1. The first kappa shape index (κ1) is 24.9. The third-order valence-corrected chi connectivity index (χ3v) is 6.51. The molecule has 5 heteroatoms. The zero-order valence-corrected chi connectivity index (χ0v) is 20.8. The van der Waals surface area contributed by atoms with Gasteiger partial charge in [-0.3, -0.25) is 9.59 Å². The normalized spacial score (nSPS) is 10.6. The molecular weight excluding hydrogens is 482 g/mol. The van der Waals surface area contributed by atoms with Gasteiger partial charge in [0, 0.05) is 39.0 Å². The number of hydrogen-bond donors (Lipinski definition) is 0. The molecule has 0 saturated heterocycles. The molecule has 0 N–H and O–H groups in total. The minimum absolute atomic E-state index is 0.529. The molecule has 0 heterocycles. The van der Waals surface area contributed by atoms with Crippen LogP contribution in [0, 0.1) is 22.7 Å². The van der Waals surface area contributed by atoms with Gasteiger partial charge in [-0.1, -0.05) is 48.6 Å². The highest BCUT2D eigenvalue weighted by Crippen LogP contribution is 2.35. The molecule has 0 atom stereocenters. The summed E-state index contributed by atoms with van der Waals surface area (Å²) in [5, 5.41) is 20.8. The Morgan fingerprint density at radius 2 is 1.08 bits per heavy atom. The van der Waals surface area contributed by atoms with E-state index in [-0.39, 0.29) is 0 Å². The van der Waals surface area contributed by atoms with Crippen LogP contribution in [0.4, 0.5) is 17.1 Å². The van der Waals surface area contributed by atoms with Crippen LogP contribution in [-0.4, -0.2) is 12.6 Å². The Labute approximate surface area is 226 Å². The zero-order chi connectivity index (χ0) is 27.2. The Morgan fingerprint density at radius 1 is 0.538 bits per heavy atom. The van der Waals surface area contributed by atoms with Crippen LogP contribution in [0.3, 0.4) is 0 Å². The van der Waals surface area contributed by atoms with Crippen LogP contribution in [0.5, 0.6) is 0 Å². The van der Waals surface area contributed by atoms with Crippen molar-refractivity contribution in [2.45, 2.75) is 0 Å². The Hall–Kier alpha value is -5.78. The minimum Gasteiger partial charge on any atom is -0.311 e. The summed E-state index contributed by atoms with van der Waals surface area (Å²) in [4.78, 5) is 24.3. The van der Waals surface area contributed by atoms with E-state index in [9.17, 15) is 20.1 Å². The van der Waals surface area contributed by atoms with E-state index in [0.717, 1.165) is 51.5 Å². The van der Waals surface area contributed by atoms with E-state index >= 15 is 0 Å². The summed E-state index contributed by atoms with van der Waals surface area (Å²) in [6, 6.07) is 36.2. The second-order valence-electron chi connectivity index (χ2n) is 8.83. The molecule has 0 radical (unpaired) electrons. The van der Waals surface area contributed by atoms with Crippen LogP contribution in [0.1, 0.15) is 43.0 Å². The lowest BCUT2D eigenvalue weighted by Gasteiger charge is -2.25. The number of benzene rings is 5. The predicted molar refractivity (Wildman–Crippen MR) is 154 cm³/mol. The van der Waals surface area contributed by atoms with Gasteiger partial charge < -0.3 is 4.90 Å². The highest BCUT2D eigenvalue weighted by Gasteiger charge is 2.13. The van der Waals surface area contributed by atoms with Gasteiger partial charge in [0.2, 0.25) is 0 Å². The molecular formula is C34H21N3O2. The quantitative estimate of drug-likeness (QED) is 0.167. The van der Waals surface area contributed by atoms with E-state index in [1.54, 1.807) is 36.4 Å². The van der Waals surface area contributed by atoms with E-state index in [1.165, 1.54) is 0 Å². The number of fused-ring (bicyclic) bond motifs is 1. The molecule has 0 aliphatic carbocycles. The second kappa shape index (κ2) is 11.1. The van der Waals surface area contributed by atoms with Gasteiger partial charge in [-0.15, -0.1) is 0 Å². The van der Waals surface area contributed by atoms with Crippen LogP contribution in [0.15, 0.2) is 103 Å². The molecule has 184 valence electrons. The Balaban J connectivity index is 1.48. The SMILES string of the molecule is N#Cc1cccc2c(C#N)c(C=Cc3ccc(N(c4ccc(C=O)cc4)c4ccc(C=O)cc4)cc3)ccc12. The van der Waals surface area contributed by atoms with E-state index < -0.39 is 0 Å². The number of anilines is 3. The fraction of sp³-hybridized carbons (Fsp3) is 0. The van der Waals surface area contributed by atoms with E-state index in [4.69, 9.17) is 0 Å². The molecule has 5 rings (SSSR count). The van der Waals surface area contributed by atoms with Gasteiger partial charge in [0.25, 0.3) is 0 Å². The minimum atomic E-state index is 0.529. The first-order chi connectivity index (χ1) is 19.1. The molecule has 39 heavy (non-hydrogen) atoms. The van der Waals surface area contributed by atoms with E-state index in [0.29, 0.717) is 22.3 Å². The summed E-state index contributed by atoms with van der Waals surface area (Å²) in [5.74, 6) is 0. The number of carbonyl (C=O) groups excluding carboxylic acids is 2. The molecule has 0 aliphatic rings. The largest absolute Gasteiger partial charge is 0.311 e. The summed E-state index contributed by atoms with van der Waals surface area (Å²) < 4.78 is 0. The first-order valence-corrected chi connectivity index (χ1v) is 12.2. The van der Waals surface area contributed by atoms with Crippen LogP contribution in [0.2, 0.25) is 0 Å². The fourth-order valence-corrected chi connectivity index (χ4v) is 4.51. The van der Waals surface area contributed by atoms with Crippen molar-refractivity contribution >= 4 is 52.6 Å². The van der Waals surface area contributed by atoms with Gasteiger partial charge in [-0.05, 0) is 77.9 Å². The third kappa shape index (κ3) is 5.06. The van der Waals surface area contributed by atoms with Crippen LogP contribution >= 0.6 is 0 Å². The third-order valence-electron chi connectivity index (χ3n) is 6.51. The average molecular weight is 504 g/mol. The molecule has 5 aromatic rings. The Kier molecular flexibility index (Phi) is 7.08. The predicted octanol–water partition coefficient (Wildman–Crippen LogP) is 7.85. The molecule has 0 spiro atoms. The molecule has 5 nitrogen and oxygen atoms in total. The molecule has 0 aliphatic heterocycles. The number of hydrogen-bond acceptors (Lipinski definition) is 5. The maximum atomic E-state index is 11.1. The fourth-order valence-electron chi connectivity index (χ4n) is 4.51. The van der Waals surface area contributed by atoms with Crippen molar-refractivity contribution < 1.29 is 9.59 Å². The number of rotatable bonds is 7. The van der Waals surface area contributed by atoms with Crippen LogP contribution < -0.4 is 4.90 Å². The first-order valence-electron chi connectivity index (χ1n) is 12.2. The van der Waals surface area contributed by atoms with Crippen LogP contribution in [0.25, 0.3) is 22.9 Å². The molecule has 0 aromatic heterocycles. The molecule has 0 unspecified atom stereocenters. The van der Waals surface area contributed by atoms with Crippen molar-refractivity contribution in [3.63, 3.8) is 0 Å². The van der Waals surface area contributed by atoms with Gasteiger partial charge >= 0.3 is 0 Å². The number of carbonyl (C=O) groups is 2. The standard InChI is InChI=1S/C34H21N3O2/c35-20-28-2-1-3-33-32(28)19-12-27(34(33)21-36)11-4-24-5-13-29(14-6-24)37(30-15-7-25(22-38)8-16-30)31-17-9-26(23-39)10-18-31/h1-19,22-23H. The van der Waals surface area contributed by atoms with Crippen molar-refractivity contribution in [3.8, 4) is 12.1 Å². The maximum Gasteiger partial charge on any atom is 0.150 e. The van der Waals surface area contributed by atoms with Gasteiger partial charge in [-0.25, -0.2) is 0 Å². The number of nitrogens with zero attached hydrogens (tertiary/aromatic N) is 3. The van der Waals surface area contributed by atoms with Crippen molar-refractivity contribution in [3.05, 3.63) is 137 Å².